The van der Waals surface area contributed by atoms with Gasteiger partial charge in [0.1, 0.15) is 0 Å². The van der Waals surface area contributed by atoms with Gasteiger partial charge in [0.2, 0.25) is 0 Å². The lowest BCUT2D eigenvalue weighted by Gasteiger charge is -2.28. The lowest BCUT2D eigenvalue weighted by molar-refractivity contribution is 0.476. The molecular formula is C64H42N2O. The van der Waals surface area contributed by atoms with Crippen LogP contribution in [0, 0.1) is 0 Å². The number of hydrogen-bond acceptors (Lipinski definition) is 2. The predicted molar refractivity (Wildman–Crippen MR) is 280 cm³/mol. The molecular weight excluding hydrogens is 813 g/mol. The molecule has 1 aliphatic heterocycles. The van der Waals surface area contributed by atoms with Crippen molar-refractivity contribution in [3.63, 3.8) is 0 Å². The summed E-state index contributed by atoms with van der Waals surface area (Å²) in [7, 11) is 0. The van der Waals surface area contributed by atoms with Crippen LogP contribution in [0.4, 0.5) is 17.1 Å². The van der Waals surface area contributed by atoms with Gasteiger partial charge in [-0.1, -0.05) is 188 Å². The first-order chi connectivity index (χ1) is 33.2. The first-order valence-electron chi connectivity index (χ1n) is 22.9. The van der Waals surface area contributed by atoms with E-state index in [0.29, 0.717) is 0 Å². The molecule has 11 aromatic carbocycles. The summed E-state index contributed by atoms with van der Waals surface area (Å²) in [6.07, 6.45) is 0. The molecule has 314 valence electrons. The number of ether oxygens (including phenoxy) is 1. The first-order valence-corrected chi connectivity index (χ1v) is 22.9. The molecule has 0 amide bonds. The van der Waals surface area contributed by atoms with Crippen LogP contribution in [0.1, 0.15) is 0 Å². The van der Waals surface area contributed by atoms with Gasteiger partial charge in [-0.2, -0.15) is 0 Å². The monoisotopic (exact) mass is 854 g/mol. The van der Waals surface area contributed by atoms with Crippen molar-refractivity contribution in [2.75, 3.05) is 4.90 Å². The van der Waals surface area contributed by atoms with Gasteiger partial charge in [-0.25, -0.2) is 0 Å². The standard InChI is InChI=1S/C64H42N2O/c1-2-13-43(14-3-1)45-25-27-46(28-26-45)47-31-36-52(37-32-47)65(53-38-33-48(34-39-53)54-17-6-7-18-55(54)50-30-29-44-15-4-5-16-49(44)41-50)59-21-9-8-19-56(59)51-35-40-60-58(42-51)57-20-12-24-63-64(57)66(60)61-22-10-11-23-62(61)67-63/h1-42H. The molecule has 67 heavy (non-hydrogen) atoms. The summed E-state index contributed by atoms with van der Waals surface area (Å²) in [6.45, 7) is 0. The van der Waals surface area contributed by atoms with Gasteiger partial charge in [-0.05, 0) is 128 Å². The first kappa shape index (κ1) is 38.5. The largest absolute Gasteiger partial charge is 0.453 e. The minimum absolute atomic E-state index is 0.864. The lowest BCUT2D eigenvalue weighted by Crippen LogP contribution is -2.11. The topological polar surface area (TPSA) is 17.4 Å². The van der Waals surface area contributed by atoms with Gasteiger partial charge < -0.3 is 14.2 Å². The number of hydrogen-bond donors (Lipinski definition) is 0. The highest BCUT2D eigenvalue weighted by Crippen LogP contribution is 2.48. The van der Waals surface area contributed by atoms with E-state index >= 15 is 0 Å². The Kier molecular flexibility index (Phi) is 9.17. The zero-order valence-corrected chi connectivity index (χ0v) is 36.6. The van der Waals surface area contributed by atoms with Crippen LogP contribution in [0.25, 0.3) is 93.9 Å². The van der Waals surface area contributed by atoms with E-state index in [0.717, 1.165) is 56.4 Å². The molecule has 0 bridgehead atoms. The fourth-order valence-corrected chi connectivity index (χ4v) is 10.1. The number of para-hydroxylation sites is 4. The molecule has 1 aliphatic rings. The van der Waals surface area contributed by atoms with Gasteiger partial charge >= 0.3 is 0 Å². The summed E-state index contributed by atoms with van der Waals surface area (Å²) in [5, 5.41) is 4.84. The number of anilines is 3. The molecule has 12 aromatic rings. The van der Waals surface area contributed by atoms with Gasteiger partial charge in [0, 0.05) is 27.7 Å². The van der Waals surface area contributed by atoms with Crippen molar-refractivity contribution in [3.8, 4) is 72.8 Å². The minimum atomic E-state index is 0.864. The third-order valence-electron chi connectivity index (χ3n) is 13.4. The van der Waals surface area contributed by atoms with Crippen LogP contribution in [0.5, 0.6) is 11.5 Å². The lowest BCUT2D eigenvalue weighted by atomic mass is 9.93. The smallest absolute Gasteiger partial charge is 0.152 e. The van der Waals surface area contributed by atoms with E-state index in [-0.39, 0.29) is 0 Å². The average Bonchev–Trinajstić information content (AvgIpc) is 3.74. The molecule has 1 aromatic heterocycles. The van der Waals surface area contributed by atoms with Crippen LogP contribution in [-0.2, 0) is 0 Å². The molecule has 2 heterocycles. The maximum atomic E-state index is 6.46. The SMILES string of the molecule is c1ccc(-c2ccc(-c3ccc(N(c4ccc(-c5ccccc5-c5ccc6ccccc6c5)cc4)c4ccccc4-c4ccc5c(c4)c4cccc6c4n5-c4ccccc4O6)cc3)cc2)cc1. The van der Waals surface area contributed by atoms with E-state index in [2.05, 4.69) is 252 Å². The van der Waals surface area contributed by atoms with Gasteiger partial charge in [-0.15, -0.1) is 0 Å². The van der Waals surface area contributed by atoms with Crippen LogP contribution in [0.15, 0.2) is 255 Å². The van der Waals surface area contributed by atoms with Gasteiger partial charge in [0.25, 0.3) is 0 Å². The molecule has 13 rings (SSSR count). The molecule has 0 unspecified atom stereocenters. The number of aromatic nitrogens is 1. The molecule has 0 saturated heterocycles. The zero-order valence-electron chi connectivity index (χ0n) is 36.6. The minimum Gasteiger partial charge on any atom is -0.453 e. The van der Waals surface area contributed by atoms with Gasteiger partial charge in [0.15, 0.2) is 11.5 Å². The molecule has 0 saturated carbocycles. The molecule has 0 fully saturated rings. The second-order valence-corrected chi connectivity index (χ2v) is 17.3. The van der Waals surface area contributed by atoms with Crippen LogP contribution in [0.2, 0.25) is 0 Å². The Morgan fingerprint density at radius 3 is 1.58 bits per heavy atom. The molecule has 0 radical (unpaired) electrons. The maximum absolute atomic E-state index is 6.46. The number of nitrogens with zero attached hydrogens (tertiary/aromatic N) is 2. The van der Waals surface area contributed by atoms with Gasteiger partial charge in [0.05, 0.1) is 22.4 Å². The maximum Gasteiger partial charge on any atom is 0.152 e. The second kappa shape index (κ2) is 16.0. The summed E-state index contributed by atoms with van der Waals surface area (Å²) in [4.78, 5) is 2.40. The highest BCUT2D eigenvalue weighted by atomic mass is 16.5. The number of benzene rings is 11. The molecule has 0 N–H and O–H groups in total. The van der Waals surface area contributed by atoms with Crippen molar-refractivity contribution in [2.45, 2.75) is 0 Å². The van der Waals surface area contributed by atoms with Crippen LogP contribution >= 0.6 is 0 Å². The Bertz CT molecular complexity index is 3810. The number of rotatable bonds is 8. The molecule has 3 nitrogen and oxygen atoms in total. The van der Waals surface area contributed by atoms with Crippen LogP contribution in [0.3, 0.4) is 0 Å². The second-order valence-electron chi connectivity index (χ2n) is 17.3. The summed E-state index contributed by atoms with van der Waals surface area (Å²) in [5.74, 6) is 1.74. The molecule has 3 heteroatoms. The van der Waals surface area contributed by atoms with E-state index in [4.69, 9.17) is 4.74 Å². The van der Waals surface area contributed by atoms with Crippen molar-refractivity contribution in [1.82, 2.24) is 4.57 Å². The summed E-state index contributed by atoms with van der Waals surface area (Å²) in [5.41, 5.74) is 18.4. The zero-order chi connectivity index (χ0) is 44.3. The molecule has 0 aliphatic carbocycles. The Hall–Kier alpha value is -8.92. The quantitative estimate of drug-likeness (QED) is 0.151. The summed E-state index contributed by atoms with van der Waals surface area (Å²) >= 11 is 0. The van der Waals surface area contributed by atoms with E-state index in [1.54, 1.807) is 0 Å². The van der Waals surface area contributed by atoms with Crippen molar-refractivity contribution in [3.05, 3.63) is 255 Å². The van der Waals surface area contributed by atoms with Crippen molar-refractivity contribution in [2.24, 2.45) is 0 Å². The van der Waals surface area contributed by atoms with Crippen LogP contribution < -0.4 is 9.64 Å². The van der Waals surface area contributed by atoms with Gasteiger partial charge in [-0.3, -0.25) is 0 Å². The predicted octanol–water partition coefficient (Wildman–Crippen LogP) is 17.8. The Labute approximate surface area is 389 Å². The third kappa shape index (κ3) is 6.67. The Morgan fingerprint density at radius 2 is 0.836 bits per heavy atom. The van der Waals surface area contributed by atoms with E-state index in [9.17, 15) is 0 Å². The highest BCUT2D eigenvalue weighted by Gasteiger charge is 2.25. The fraction of sp³-hybridized carbons (Fsp3) is 0. The van der Waals surface area contributed by atoms with Crippen molar-refractivity contribution in [1.29, 1.82) is 0 Å². The number of fused-ring (bicyclic) bond motifs is 6. The van der Waals surface area contributed by atoms with Crippen molar-refractivity contribution < 1.29 is 4.74 Å². The highest BCUT2D eigenvalue weighted by molar-refractivity contribution is 6.13. The fourth-order valence-electron chi connectivity index (χ4n) is 10.1. The van der Waals surface area contributed by atoms with E-state index in [1.165, 1.54) is 66.1 Å². The summed E-state index contributed by atoms with van der Waals surface area (Å²) in [6, 6.07) is 92.0. The normalized spacial score (nSPS) is 11.7. The van der Waals surface area contributed by atoms with Crippen LogP contribution in [-0.4, -0.2) is 4.57 Å². The average molecular weight is 855 g/mol. The Morgan fingerprint density at radius 1 is 0.313 bits per heavy atom. The molecule has 0 spiro atoms. The van der Waals surface area contributed by atoms with E-state index in [1.807, 2.05) is 12.1 Å². The molecule has 0 atom stereocenters. The summed E-state index contributed by atoms with van der Waals surface area (Å²) < 4.78 is 8.81. The van der Waals surface area contributed by atoms with E-state index < -0.39 is 0 Å². The third-order valence-corrected chi connectivity index (χ3v) is 13.4. The Balaban J connectivity index is 0.927. The van der Waals surface area contributed by atoms with Crippen molar-refractivity contribution >= 4 is 49.6 Å².